The molecule has 6 heteroatoms. The van der Waals surface area contributed by atoms with Crippen LogP contribution in [-0.4, -0.2) is 60.0 Å². The Kier molecular flexibility index (Phi) is 5.91. The number of amides is 1. The first-order valence-corrected chi connectivity index (χ1v) is 9.41. The second kappa shape index (κ2) is 8.34. The van der Waals surface area contributed by atoms with Crippen molar-refractivity contribution < 1.29 is 4.79 Å². The maximum absolute atomic E-state index is 12.4. The van der Waals surface area contributed by atoms with Gasteiger partial charge in [-0.1, -0.05) is 26.0 Å². The standard InChI is InChI=1S/C19H29N5O/c1-3-23(4-2)14-11-20-18(25)15-9-12-24(13-10-15)19-21-16-7-5-6-8-17(16)22-19/h5-8,15H,3-4,9-14H2,1-2H3,(H,20,25)(H,21,22). The molecule has 1 aliphatic heterocycles. The fraction of sp³-hybridized carbons (Fsp3) is 0.579. The van der Waals surface area contributed by atoms with Gasteiger partial charge in [0.2, 0.25) is 11.9 Å². The number of piperidine rings is 1. The van der Waals surface area contributed by atoms with Crippen LogP contribution in [0, 0.1) is 5.92 Å². The lowest BCUT2D eigenvalue weighted by Crippen LogP contribution is -2.42. The molecule has 25 heavy (non-hydrogen) atoms. The average Bonchev–Trinajstić information content (AvgIpc) is 3.09. The van der Waals surface area contributed by atoms with E-state index in [1.54, 1.807) is 0 Å². The molecule has 0 saturated carbocycles. The summed E-state index contributed by atoms with van der Waals surface area (Å²) < 4.78 is 0. The number of anilines is 1. The van der Waals surface area contributed by atoms with Crippen LogP contribution in [0.3, 0.4) is 0 Å². The van der Waals surface area contributed by atoms with Gasteiger partial charge in [-0.2, -0.15) is 0 Å². The Balaban J connectivity index is 1.47. The van der Waals surface area contributed by atoms with Gasteiger partial charge in [-0.05, 0) is 38.1 Å². The summed E-state index contributed by atoms with van der Waals surface area (Å²) in [4.78, 5) is 25.0. The van der Waals surface area contributed by atoms with E-state index in [9.17, 15) is 4.79 Å². The number of rotatable bonds is 7. The third-order valence-corrected chi connectivity index (χ3v) is 5.16. The van der Waals surface area contributed by atoms with Crippen LogP contribution in [0.2, 0.25) is 0 Å². The summed E-state index contributed by atoms with van der Waals surface area (Å²) >= 11 is 0. The van der Waals surface area contributed by atoms with Gasteiger partial charge in [0.25, 0.3) is 0 Å². The van der Waals surface area contributed by atoms with E-state index in [1.807, 2.05) is 24.3 Å². The lowest BCUT2D eigenvalue weighted by atomic mass is 9.96. The van der Waals surface area contributed by atoms with Crippen LogP contribution in [0.25, 0.3) is 11.0 Å². The number of para-hydroxylation sites is 2. The van der Waals surface area contributed by atoms with Crippen molar-refractivity contribution in [3.8, 4) is 0 Å². The van der Waals surface area contributed by atoms with Crippen molar-refractivity contribution in [2.75, 3.05) is 44.2 Å². The van der Waals surface area contributed by atoms with Crippen molar-refractivity contribution in [2.24, 2.45) is 5.92 Å². The third-order valence-electron chi connectivity index (χ3n) is 5.16. The molecule has 2 heterocycles. The van der Waals surface area contributed by atoms with Crippen LogP contribution >= 0.6 is 0 Å². The monoisotopic (exact) mass is 343 g/mol. The number of hydrogen-bond donors (Lipinski definition) is 2. The lowest BCUT2D eigenvalue weighted by molar-refractivity contribution is -0.125. The number of carbonyl (C=O) groups is 1. The lowest BCUT2D eigenvalue weighted by Gasteiger charge is -2.31. The molecule has 0 aliphatic carbocycles. The predicted molar refractivity (Wildman–Crippen MR) is 102 cm³/mol. The Labute approximate surface area is 149 Å². The Morgan fingerprint density at radius 2 is 2.00 bits per heavy atom. The summed E-state index contributed by atoms with van der Waals surface area (Å²) in [5.41, 5.74) is 2.06. The molecule has 1 saturated heterocycles. The van der Waals surface area contributed by atoms with Gasteiger partial charge >= 0.3 is 0 Å². The molecule has 1 aromatic carbocycles. The summed E-state index contributed by atoms with van der Waals surface area (Å²) in [5.74, 6) is 1.25. The van der Waals surface area contributed by atoms with E-state index in [-0.39, 0.29) is 11.8 Å². The van der Waals surface area contributed by atoms with Gasteiger partial charge in [-0.15, -0.1) is 0 Å². The Morgan fingerprint density at radius 1 is 1.28 bits per heavy atom. The summed E-state index contributed by atoms with van der Waals surface area (Å²) in [6, 6.07) is 8.08. The van der Waals surface area contributed by atoms with Crippen LogP contribution in [0.5, 0.6) is 0 Å². The second-order valence-corrected chi connectivity index (χ2v) is 6.66. The van der Waals surface area contributed by atoms with E-state index in [2.05, 4.69) is 38.9 Å². The fourth-order valence-electron chi connectivity index (χ4n) is 3.46. The predicted octanol–water partition coefficient (Wildman–Crippen LogP) is 2.24. The molecule has 0 bridgehead atoms. The zero-order chi connectivity index (χ0) is 17.6. The molecule has 6 nitrogen and oxygen atoms in total. The SMILES string of the molecule is CCN(CC)CCNC(=O)C1CCN(c2nc3ccccc3[nH]2)CC1. The Hall–Kier alpha value is -2.08. The minimum Gasteiger partial charge on any atom is -0.355 e. The van der Waals surface area contributed by atoms with Crippen LogP contribution in [-0.2, 0) is 4.79 Å². The molecule has 1 amide bonds. The van der Waals surface area contributed by atoms with E-state index >= 15 is 0 Å². The van der Waals surface area contributed by atoms with Gasteiger partial charge in [0.15, 0.2) is 0 Å². The van der Waals surface area contributed by atoms with Crippen LogP contribution in [0.1, 0.15) is 26.7 Å². The van der Waals surface area contributed by atoms with Crippen LogP contribution < -0.4 is 10.2 Å². The topological polar surface area (TPSA) is 64.3 Å². The smallest absolute Gasteiger partial charge is 0.223 e. The van der Waals surface area contributed by atoms with Gasteiger partial charge in [0, 0.05) is 32.1 Å². The maximum atomic E-state index is 12.4. The largest absolute Gasteiger partial charge is 0.355 e. The van der Waals surface area contributed by atoms with Gasteiger partial charge in [-0.25, -0.2) is 4.98 Å². The van der Waals surface area contributed by atoms with Crippen molar-refractivity contribution >= 4 is 22.9 Å². The molecule has 0 radical (unpaired) electrons. The molecular weight excluding hydrogens is 314 g/mol. The number of hydrogen-bond acceptors (Lipinski definition) is 4. The number of fused-ring (bicyclic) bond motifs is 1. The normalized spacial score (nSPS) is 15.9. The number of aromatic nitrogens is 2. The number of likely N-dealkylation sites (N-methyl/N-ethyl adjacent to an activating group) is 1. The molecular formula is C19H29N5O. The molecule has 2 N–H and O–H groups in total. The quantitative estimate of drug-likeness (QED) is 0.809. The van der Waals surface area contributed by atoms with E-state index in [1.165, 1.54) is 0 Å². The van der Waals surface area contributed by atoms with Gasteiger partial charge in [-0.3, -0.25) is 4.79 Å². The van der Waals surface area contributed by atoms with Crippen molar-refractivity contribution in [1.29, 1.82) is 0 Å². The summed E-state index contributed by atoms with van der Waals surface area (Å²) in [5, 5.41) is 3.11. The van der Waals surface area contributed by atoms with E-state index in [4.69, 9.17) is 0 Å². The van der Waals surface area contributed by atoms with Crippen molar-refractivity contribution in [3.05, 3.63) is 24.3 Å². The minimum atomic E-state index is 0.123. The molecule has 1 fully saturated rings. The highest BCUT2D eigenvalue weighted by Crippen LogP contribution is 2.23. The molecule has 0 spiro atoms. The first-order chi connectivity index (χ1) is 12.2. The summed E-state index contributed by atoms with van der Waals surface area (Å²) in [6.45, 7) is 9.77. The molecule has 0 atom stereocenters. The number of carbonyl (C=O) groups excluding carboxylic acids is 1. The highest BCUT2D eigenvalue weighted by Gasteiger charge is 2.26. The molecule has 1 aliphatic rings. The van der Waals surface area contributed by atoms with Gasteiger partial charge in [0.05, 0.1) is 11.0 Å². The first-order valence-electron chi connectivity index (χ1n) is 9.41. The zero-order valence-corrected chi connectivity index (χ0v) is 15.3. The maximum Gasteiger partial charge on any atom is 0.223 e. The number of nitrogens with zero attached hydrogens (tertiary/aromatic N) is 3. The van der Waals surface area contributed by atoms with Crippen molar-refractivity contribution in [3.63, 3.8) is 0 Å². The number of aromatic amines is 1. The van der Waals surface area contributed by atoms with Gasteiger partial charge < -0.3 is 20.1 Å². The molecule has 2 aromatic rings. The molecule has 3 rings (SSSR count). The molecule has 0 unspecified atom stereocenters. The summed E-state index contributed by atoms with van der Waals surface area (Å²) in [6.07, 6.45) is 1.77. The van der Waals surface area contributed by atoms with E-state index in [0.717, 1.165) is 69.1 Å². The first kappa shape index (κ1) is 17.7. The van der Waals surface area contributed by atoms with Crippen molar-refractivity contribution in [2.45, 2.75) is 26.7 Å². The Morgan fingerprint density at radius 3 is 2.68 bits per heavy atom. The number of benzene rings is 1. The van der Waals surface area contributed by atoms with Gasteiger partial charge in [0.1, 0.15) is 0 Å². The average molecular weight is 343 g/mol. The summed E-state index contributed by atoms with van der Waals surface area (Å²) in [7, 11) is 0. The highest BCUT2D eigenvalue weighted by atomic mass is 16.1. The second-order valence-electron chi connectivity index (χ2n) is 6.66. The van der Waals surface area contributed by atoms with Crippen molar-refractivity contribution in [1.82, 2.24) is 20.2 Å². The number of H-pyrrole nitrogens is 1. The third kappa shape index (κ3) is 4.31. The van der Waals surface area contributed by atoms with Crippen LogP contribution in [0.4, 0.5) is 5.95 Å². The Bertz CT molecular complexity index is 653. The fourth-order valence-corrected chi connectivity index (χ4v) is 3.46. The van der Waals surface area contributed by atoms with E-state index in [0.29, 0.717) is 0 Å². The number of nitrogens with one attached hydrogen (secondary N) is 2. The van der Waals surface area contributed by atoms with E-state index < -0.39 is 0 Å². The zero-order valence-electron chi connectivity index (χ0n) is 15.3. The molecule has 1 aromatic heterocycles. The highest BCUT2D eigenvalue weighted by molar-refractivity contribution is 5.79. The number of imidazole rings is 1. The molecule has 136 valence electrons. The van der Waals surface area contributed by atoms with Crippen LogP contribution in [0.15, 0.2) is 24.3 Å². The minimum absolute atomic E-state index is 0.123.